The zero-order valence-corrected chi connectivity index (χ0v) is 15.2. The maximum atomic E-state index is 13.4. The fraction of sp³-hybridized carbons (Fsp3) is 0.0455. The maximum Gasteiger partial charge on any atom is 0.417 e. The summed E-state index contributed by atoms with van der Waals surface area (Å²) < 4.78 is 45.9. The van der Waals surface area contributed by atoms with E-state index in [4.69, 9.17) is 4.42 Å². The molecule has 2 heterocycles. The van der Waals surface area contributed by atoms with E-state index >= 15 is 0 Å². The maximum absolute atomic E-state index is 13.4. The average Bonchev–Trinajstić information content (AvgIpc) is 2.74. The summed E-state index contributed by atoms with van der Waals surface area (Å²) >= 11 is 0. The minimum absolute atomic E-state index is 0.0145. The number of alkyl halides is 3. The minimum Gasteiger partial charge on any atom is -0.454 e. The molecule has 0 radical (unpaired) electrons. The van der Waals surface area contributed by atoms with Crippen LogP contribution in [-0.4, -0.2) is 10.9 Å². The Morgan fingerprint density at radius 3 is 2.43 bits per heavy atom. The first kappa shape index (κ1) is 19.4. The van der Waals surface area contributed by atoms with E-state index in [1.807, 2.05) is 0 Å². The van der Waals surface area contributed by atoms with Gasteiger partial charge in [0.05, 0.1) is 16.6 Å². The second-order valence-electron chi connectivity index (χ2n) is 6.39. The van der Waals surface area contributed by atoms with E-state index in [-0.39, 0.29) is 28.0 Å². The number of carbonyl (C=O) groups excluding carboxylic acids is 1. The monoisotopic (exact) mass is 410 g/mol. The number of pyridine rings is 1. The van der Waals surface area contributed by atoms with Gasteiger partial charge in [0.1, 0.15) is 5.76 Å². The summed E-state index contributed by atoms with van der Waals surface area (Å²) in [6.07, 6.45) is -1.73. The van der Waals surface area contributed by atoms with Crippen molar-refractivity contribution < 1.29 is 22.4 Å². The van der Waals surface area contributed by atoms with Crippen molar-refractivity contribution in [3.63, 3.8) is 0 Å². The lowest BCUT2D eigenvalue weighted by atomic mass is 10.0. The Hall–Kier alpha value is -3.94. The standard InChI is InChI=1S/C22H13F3N2O3/c23-22(24,25)16-6-2-1-4-14(16)19-12-18(28)15-5-3-7-17(20(15)30-19)27-21(29)13-8-10-26-11-9-13/h1-12H,(H,27,29). The highest BCUT2D eigenvalue weighted by molar-refractivity contribution is 6.07. The zero-order chi connectivity index (χ0) is 21.3. The molecule has 4 rings (SSSR count). The van der Waals surface area contributed by atoms with Crippen molar-refractivity contribution in [3.8, 4) is 11.3 Å². The molecule has 0 atom stereocenters. The predicted octanol–water partition coefficient (Wildman–Crippen LogP) is 5.13. The number of para-hydroxylation sites is 1. The van der Waals surface area contributed by atoms with E-state index < -0.39 is 23.1 Å². The molecule has 0 aliphatic rings. The van der Waals surface area contributed by atoms with Crippen LogP contribution in [0, 0.1) is 0 Å². The van der Waals surface area contributed by atoms with Crippen molar-refractivity contribution in [2.75, 3.05) is 5.32 Å². The van der Waals surface area contributed by atoms with Gasteiger partial charge in [-0.25, -0.2) is 0 Å². The van der Waals surface area contributed by atoms with Crippen LogP contribution in [0.4, 0.5) is 18.9 Å². The van der Waals surface area contributed by atoms with Crippen molar-refractivity contribution in [2.45, 2.75) is 6.18 Å². The highest BCUT2D eigenvalue weighted by Crippen LogP contribution is 2.37. The number of rotatable bonds is 3. The third kappa shape index (κ3) is 3.67. The highest BCUT2D eigenvalue weighted by Gasteiger charge is 2.34. The Kier molecular flexibility index (Phi) is 4.83. The number of benzene rings is 2. The van der Waals surface area contributed by atoms with Gasteiger partial charge in [0.25, 0.3) is 5.91 Å². The van der Waals surface area contributed by atoms with Crippen LogP contribution in [0.25, 0.3) is 22.3 Å². The molecule has 1 N–H and O–H groups in total. The number of hydrogen-bond donors (Lipinski definition) is 1. The first-order valence-corrected chi connectivity index (χ1v) is 8.79. The van der Waals surface area contributed by atoms with Crippen LogP contribution in [0.1, 0.15) is 15.9 Å². The Morgan fingerprint density at radius 2 is 1.70 bits per heavy atom. The summed E-state index contributed by atoms with van der Waals surface area (Å²) in [5.74, 6) is -0.723. The Morgan fingerprint density at radius 1 is 0.967 bits per heavy atom. The fourth-order valence-electron chi connectivity index (χ4n) is 3.05. The summed E-state index contributed by atoms with van der Waals surface area (Å²) in [4.78, 5) is 28.9. The molecule has 0 saturated carbocycles. The number of aromatic nitrogens is 1. The molecule has 0 aliphatic heterocycles. The summed E-state index contributed by atoms with van der Waals surface area (Å²) in [7, 11) is 0. The van der Waals surface area contributed by atoms with Crippen molar-refractivity contribution in [3.05, 3.63) is 94.4 Å². The van der Waals surface area contributed by atoms with E-state index in [2.05, 4.69) is 10.3 Å². The van der Waals surface area contributed by atoms with Crippen LogP contribution in [0.2, 0.25) is 0 Å². The molecule has 0 fully saturated rings. The SMILES string of the molecule is O=C(Nc1cccc2c(=O)cc(-c3ccccc3C(F)(F)F)oc12)c1ccncc1. The van der Waals surface area contributed by atoms with Gasteiger partial charge in [0.2, 0.25) is 0 Å². The number of fused-ring (bicyclic) bond motifs is 1. The molecule has 0 saturated heterocycles. The normalized spacial score (nSPS) is 11.4. The lowest BCUT2D eigenvalue weighted by Crippen LogP contribution is -2.13. The Labute approximate surface area is 167 Å². The van der Waals surface area contributed by atoms with Crippen LogP contribution >= 0.6 is 0 Å². The van der Waals surface area contributed by atoms with Crippen molar-refractivity contribution in [1.82, 2.24) is 4.98 Å². The second-order valence-corrected chi connectivity index (χ2v) is 6.39. The number of nitrogens with zero attached hydrogens (tertiary/aromatic N) is 1. The lowest BCUT2D eigenvalue weighted by Gasteiger charge is -2.13. The molecule has 2 aromatic heterocycles. The minimum atomic E-state index is -4.63. The second kappa shape index (κ2) is 7.47. The number of amides is 1. The first-order valence-electron chi connectivity index (χ1n) is 8.79. The van der Waals surface area contributed by atoms with Gasteiger partial charge in [-0.2, -0.15) is 13.2 Å². The average molecular weight is 410 g/mol. The van der Waals surface area contributed by atoms with Gasteiger partial charge < -0.3 is 9.73 Å². The number of nitrogens with one attached hydrogen (secondary N) is 1. The van der Waals surface area contributed by atoms with Gasteiger partial charge in [-0.15, -0.1) is 0 Å². The number of anilines is 1. The molecule has 5 nitrogen and oxygen atoms in total. The fourth-order valence-corrected chi connectivity index (χ4v) is 3.05. The molecule has 4 aromatic rings. The van der Waals surface area contributed by atoms with Gasteiger partial charge in [0.15, 0.2) is 11.0 Å². The third-order valence-electron chi connectivity index (χ3n) is 4.44. The molecule has 150 valence electrons. The third-order valence-corrected chi connectivity index (χ3v) is 4.44. The molecular weight excluding hydrogens is 397 g/mol. The van der Waals surface area contributed by atoms with Gasteiger partial charge in [-0.05, 0) is 30.3 Å². The molecule has 1 amide bonds. The molecule has 0 bridgehead atoms. The highest BCUT2D eigenvalue weighted by atomic mass is 19.4. The number of hydrogen-bond acceptors (Lipinski definition) is 4. The van der Waals surface area contributed by atoms with Crippen LogP contribution < -0.4 is 10.7 Å². The van der Waals surface area contributed by atoms with Crippen molar-refractivity contribution in [1.29, 1.82) is 0 Å². The quantitative estimate of drug-likeness (QED) is 0.509. The summed E-state index contributed by atoms with van der Waals surface area (Å²) in [5, 5.41) is 2.77. The van der Waals surface area contributed by atoms with Crippen LogP contribution in [0.15, 0.2) is 82.3 Å². The molecule has 2 aromatic carbocycles. The van der Waals surface area contributed by atoms with E-state index in [9.17, 15) is 22.8 Å². The summed E-state index contributed by atoms with van der Waals surface area (Å²) in [6, 6.07) is 13.4. The number of halogens is 3. The largest absolute Gasteiger partial charge is 0.454 e. The molecule has 0 unspecified atom stereocenters. The lowest BCUT2D eigenvalue weighted by molar-refractivity contribution is -0.137. The Bertz CT molecular complexity index is 1300. The molecule has 30 heavy (non-hydrogen) atoms. The van der Waals surface area contributed by atoms with E-state index in [0.29, 0.717) is 5.56 Å². The summed E-state index contributed by atoms with van der Waals surface area (Å²) in [5.41, 5.74) is -1.24. The van der Waals surface area contributed by atoms with Gasteiger partial charge >= 0.3 is 6.18 Å². The smallest absolute Gasteiger partial charge is 0.417 e. The first-order chi connectivity index (χ1) is 14.3. The van der Waals surface area contributed by atoms with Crippen LogP contribution in [-0.2, 0) is 6.18 Å². The molecule has 8 heteroatoms. The molecule has 0 aliphatic carbocycles. The van der Waals surface area contributed by atoms with Crippen LogP contribution in [0.3, 0.4) is 0 Å². The van der Waals surface area contributed by atoms with Gasteiger partial charge in [-0.1, -0.05) is 24.3 Å². The van der Waals surface area contributed by atoms with Crippen molar-refractivity contribution >= 4 is 22.6 Å². The summed E-state index contributed by atoms with van der Waals surface area (Å²) in [6.45, 7) is 0. The van der Waals surface area contributed by atoms with E-state index in [0.717, 1.165) is 12.1 Å². The molecular formula is C22H13F3N2O3. The van der Waals surface area contributed by atoms with E-state index in [1.54, 1.807) is 6.07 Å². The Balaban J connectivity index is 1.86. The van der Waals surface area contributed by atoms with Gasteiger partial charge in [-0.3, -0.25) is 14.6 Å². The van der Waals surface area contributed by atoms with Crippen molar-refractivity contribution in [2.24, 2.45) is 0 Å². The molecule has 0 spiro atoms. The van der Waals surface area contributed by atoms with E-state index in [1.165, 1.54) is 54.9 Å². The number of carbonyl (C=O) groups is 1. The zero-order valence-electron chi connectivity index (χ0n) is 15.2. The topological polar surface area (TPSA) is 72.2 Å². The predicted molar refractivity (Wildman–Crippen MR) is 105 cm³/mol. The van der Waals surface area contributed by atoms with Crippen LogP contribution in [0.5, 0.6) is 0 Å². The van der Waals surface area contributed by atoms with Gasteiger partial charge in [0, 0.05) is 29.6 Å².